The minimum atomic E-state index is -0.0310. The van der Waals surface area contributed by atoms with E-state index in [0.717, 1.165) is 28.8 Å². The Morgan fingerprint density at radius 1 is 1.38 bits per heavy atom. The molecule has 0 aliphatic heterocycles. The number of carbonyl (C=O) groups excluding carboxylic acids is 1. The number of carbonyl (C=O) groups is 1. The van der Waals surface area contributed by atoms with Crippen molar-refractivity contribution in [1.29, 1.82) is 0 Å². The van der Waals surface area contributed by atoms with Crippen LogP contribution in [-0.4, -0.2) is 16.8 Å². The number of amides is 1. The first-order valence-electron chi connectivity index (χ1n) is 6.96. The van der Waals surface area contributed by atoms with Crippen LogP contribution < -0.4 is 5.73 Å². The number of nitrogen functional groups attached to an aromatic ring is 1. The van der Waals surface area contributed by atoms with Crippen LogP contribution in [0.1, 0.15) is 34.7 Å². The van der Waals surface area contributed by atoms with E-state index < -0.39 is 0 Å². The molecule has 110 valence electrons. The first-order valence-corrected chi connectivity index (χ1v) is 7.75. The lowest BCUT2D eigenvalue weighted by molar-refractivity contribution is 0.0718. The second-order valence-corrected chi connectivity index (χ2v) is 6.32. The summed E-state index contributed by atoms with van der Waals surface area (Å²) in [7, 11) is 0. The maximum atomic E-state index is 12.8. The van der Waals surface area contributed by atoms with Gasteiger partial charge in [0.15, 0.2) is 0 Å². The fourth-order valence-corrected chi connectivity index (χ4v) is 2.75. The molecule has 1 aromatic heterocycles. The number of furan rings is 1. The summed E-state index contributed by atoms with van der Waals surface area (Å²) in [5.41, 5.74) is 7.02. The Labute approximate surface area is 132 Å². The highest BCUT2D eigenvalue weighted by Gasteiger charge is 2.34. The number of nitrogens with two attached hydrogens (primary N) is 1. The maximum Gasteiger partial charge on any atom is 0.256 e. The predicted octanol–water partition coefficient (Wildman–Crippen LogP) is 3.74. The van der Waals surface area contributed by atoms with Gasteiger partial charge in [-0.2, -0.15) is 0 Å². The van der Waals surface area contributed by atoms with Crippen LogP contribution in [0.15, 0.2) is 39.2 Å². The molecular formula is C16H17BrN2O2. The maximum absolute atomic E-state index is 12.8. The lowest BCUT2D eigenvalue weighted by Crippen LogP contribution is -2.33. The van der Waals surface area contributed by atoms with Crippen molar-refractivity contribution < 1.29 is 9.21 Å². The molecule has 0 saturated heterocycles. The molecular weight excluding hydrogens is 332 g/mol. The van der Waals surface area contributed by atoms with E-state index in [1.54, 1.807) is 12.1 Å². The van der Waals surface area contributed by atoms with Gasteiger partial charge < -0.3 is 15.1 Å². The Hall–Kier alpha value is -1.75. The molecule has 5 heteroatoms. The van der Waals surface area contributed by atoms with Gasteiger partial charge in [0.05, 0.1) is 12.1 Å². The number of aryl methyl sites for hydroxylation is 1. The number of hydrogen-bond donors (Lipinski definition) is 1. The van der Waals surface area contributed by atoms with Gasteiger partial charge in [0, 0.05) is 16.2 Å². The summed E-state index contributed by atoms with van der Waals surface area (Å²) in [6.07, 6.45) is 2.09. The van der Waals surface area contributed by atoms with E-state index in [0.29, 0.717) is 23.8 Å². The summed E-state index contributed by atoms with van der Waals surface area (Å²) in [5, 5.41) is 0. The molecule has 0 radical (unpaired) electrons. The van der Waals surface area contributed by atoms with Crippen LogP contribution in [0.25, 0.3) is 0 Å². The van der Waals surface area contributed by atoms with Gasteiger partial charge in [0.1, 0.15) is 11.5 Å². The number of benzene rings is 1. The van der Waals surface area contributed by atoms with E-state index >= 15 is 0 Å². The molecule has 1 fully saturated rings. The van der Waals surface area contributed by atoms with Crippen LogP contribution >= 0.6 is 15.9 Å². The zero-order chi connectivity index (χ0) is 15.0. The summed E-state index contributed by atoms with van der Waals surface area (Å²) < 4.78 is 6.47. The van der Waals surface area contributed by atoms with Crippen molar-refractivity contribution in [1.82, 2.24) is 4.90 Å². The minimum Gasteiger partial charge on any atom is -0.464 e. The number of hydrogen-bond acceptors (Lipinski definition) is 3. The van der Waals surface area contributed by atoms with Crippen molar-refractivity contribution >= 4 is 27.5 Å². The topological polar surface area (TPSA) is 59.5 Å². The predicted molar refractivity (Wildman–Crippen MR) is 84.9 cm³/mol. The lowest BCUT2D eigenvalue weighted by Gasteiger charge is -2.22. The van der Waals surface area contributed by atoms with E-state index in [-0.39, 0.29) is 5.91 Å². The summed E-state index contributed by atoms with van der Waals surface area (Å²) >= 11 is 3.36. The molecule has 1 aliphatic carbocycles. The first-order chi connectivity index (χ1) is 10.0. The third-order valence-electron chi connectivity index (χ3n) is 3.61. The molecule has 1 saturated carbocycles. The summed E-state index contributed by atoms with van der Waals surface area (Å²) in [4.78, 5) is 14.6. The zero-order valence-electron chi connectivity index (χ0n) is 11.8. The van der Waals surface area contributed by atoms with Crippen LogP contribution in [0.3, 0.4) is 0 Å². The average Bonchev–Trinajstić information content (AvgIpc) is 3.19. The first kappa shape index (κ1) is 14.2. The van der Waals surface area contributed by atoms with E-state index in [9.17, 15) is 4.79 Å². The second kappa shape index (κ2) is 5.56. The van der Waals surface area contributed by atoms with Gasteiger partial charge in [-0.25, -0.2) is 0 Å². The number of anilines is 1. The van der Waals surface area contributed by atoms with Crippen LogP contribution in [0.4, 0.5) is 5.69 Å². The molecule has 21 heavy (non-hydrogen) atoms. The van der Waals surface area contributed by atoms with E-state index in [1.807, 2.05) is 30.0 Å². The molecule has 1 heterocycles. The molecule has 0 bridgehead atoms. The normalized spacial score (nSPS) is 14.2. The molecule has 0 unspecified atom stereocenters. The third kappa shape index (κ3) is 3.13. The highest BCUT2D eigenvalue weighted by atomic mass is 79.9. The molecule has 1 aromatic carbocycles. The van der Waals surface area contributed by atoms with Crippen molar-refractivity contribution in [3.63, 3.8) is 0 Å². The SMILES string of the molecule is Cc1ccc(CN(C(=O)c2ccc(Br)cc2N)C2CC2)o1. The van der Waals surface area contributed by atoms with Gasteiger partial charge in [-0.3, -0.25) is 4.79 Å². The number of rotatable bonds is 4. The lowest BCUT2D eigenvalue weighted by atomic mass is 10.1. The second-order valence-electron chi connectivity index (χ2n) is 5.41. The molecule has 1 aliphatic rings. The molecule has 4 nitrogen and oxygen atoms in total. The van der Waals surface area contributed by atoms with Gasteiger partial charge in [0.2, 0.25) is 0 Å². The van der Waals surface area contributed by atoms with Gasteiger partial charge in [0.25, 0.3) is 5.91 Å². The van der Waals surface area contributed by atoms with Crippen LogP contribution in [0.2, 0.25) is 0 Å². The highest BCUT2D eigenvalue weighted by Crippen LogP contribution is 2.31. The molecule has 0 atom stereocenters. The highest BCUT2D eigenvalue weighted by molar-refractivity contribution is 9.10. The van der Waals surface area contributed by atoms with Crippen molar-refractivity contribution in [2.45, 2.75) is 32.4 Å². The van der Waals surface area contributed by atoms with Crippen LogP contribution in [-0.2, 0) is 6.54 Å². The fourth-order valence-electron chi connectivity index (χ4n) is 2.37. The van der Waals surface area contributed by atoms with Crippen molar-refractivity contribution in [2.24, 2.45) is 0 Å². The van der Waals surface area contributed by atoms with Gasteiger partial charge in [-0.1, -0.05) is 15.9 Å². The average molecular weight is 349 g/mol. The van der Waals surface area contributed by atoms with Gasteiger partial charge >= 0.3 is 0 Å². The molecule has 2 aromatic rings. The summed E-state index contributed by atoms with van der Waals surface area (Å²) in [6.45, 7) is 2.40. The minimum absolute atomic E-state index is 0.0310. The largest absolute Gasteiger partial charge is 0.464 e. The molecule has 0 spiro atoms. The number of nitrogens with zero attached hydrogens (tertiary/aromatic N) is 1. The number of halogens is 1. The van der Waals surface area contributed by atoms with Crippen LogP contribution in [0, 0.1) is 6.92 Å². The zero-order valence-corrected chi connectivity index (χ0v) is 13.4. The molecule has 1 amide bonds. The monoisotopic (exact) mass is 348 g/mol. The Morgan fingerprint density at radius 3 is 2.71 bits per heavy atom. The Morgan fingerprint density at radius 2 is 2.14 bits per heavy atom. The third-order valence-corrected chi connectivity index (χ3v) is 4.11. The Balaban J connectivity index is 1.85. The van der Waals surface area contributed by atoms with Gasteiger partial charge in [-0.15, -0.1) is 0 Å². The van der Waals surface area contributed by atoms with E-state index in [1.165, 1.54) is 0 Å². The fraction of sp³-hybridized carbons (Fsp3) is 0.312. The van der Waals surface area contributed by atoms with Crippen molar-refractivity contribution in [3.05, 3.63) is 51.9 Å². The Kier molecular flexibility index (Phi) is 3.76. The molecule has 2 N–H and O–H groups in total. The molecule has 3 rings (SSSR count). The van der Waals surface area contributed by atoms with Crippen molar-refractivity contribution in [2.75, 3.05) is 5.73 Å². The standard InChI is InChI=1S/C16H17BrN2O2/c1-10-2-6-13(21-10)9-19(12-4-5-12)16(20)14-7-3-11(17)8-15(14)18/h2-3,6-8,12H,4-5,9,18H2,1H3. The smallest absolute Gasteiger partial charge is 0.256 e. The van der Waals surface area contributed by atoms with Gasteiger partial charge in [-0.05, 0) is 50.1 Å². The van der Waals surface area contributed by atoms with Crippen LogP contribution in [0.5, 0.6) is 0 Å². The summed E-state index contributed by atoms with van der Waals surface area (Å²) in [5.74, 6) is 1.64. The summed E-state index contributed by atoms with van der Waals surface area (Å²) in [6, 6.07) is 9.50. The van der Waals surface area contributed by atoms with Crippen molar-refractivity contribution in [3.8, 4) is 0 Å². The quantitative estimate of drug-likeness (QED) is 0.856. The Bertz CT molecular complexity index is 677. The van der Waals surface area contributed by atoms with E-state index in [2.05, 4.69) is 15.9 Å². The van der Waals surface area contributed by atoms with E-state index in [4.69, 9.17) is 10.2 Å².